The Morgan fingerprint density at radius 3 is 2.38 bits per heavy atom. The number of rotatable bonds is 9. The molecule has 5 aliphatic rings. The number of likely N-dealkylation sites (tertiary alicyclic amines) is 2. The molecule has 1 aromatic carbocycles. The number of piperidine rings is 1. The number of anilines is 1. The number of fused-ring (bicyclic) bond motifs is 6. The summed E-state index contributed by atoms with van der Waals surface area (Å²) in [5.74, 6) is -2.21. The molecular weight excluding hydrogens is 947 g/mol. The van der Waals surface area contributed by atoms with Crippen LogP contribution in [0.5, 0.6) is 0 Å². The first-order chi connectivity index (χ1) is 34.7. The Morgan fingerprint density at radius 1 is 1.00 bits per heavy atom. The van der Waals surface area contributed by atoms with E-state index in [-0.39, 0.29) is 49.6 Å². The van der Waals surface area contributed by atoms with Crippen LogP contribution in [0, 0.1) is 11.3 Å². The number of ether oxygens (including phenoxy) is 2. The number of aliphatic hydroxyl groups is 1. The van der Waals surface area contributed by atoms with Crippen molar-refractivity contribution in [3.05, 3.63) is 52.1 Å². The van der Waals surface area contributed by atoms with Crippen LogP contribution in [0.1, 0.15) is 96.0 Å². The number of aromatic nitrogens is 3. The third kappa shape index (κ3) is 10.3. The Balaban J connectivity index is 1.10. The average Bonchev–Trinajstić information content (AvgIpc) is 3.96. The number of methoxy groups -OCH3 is 1. The molecule has 4 saturated heterocycles. The number of nitrogens with zero attached hydrogens (tertiary/aromatic N) is 9. The first kappa shape index (κ1) is 52.7. The van der Waals surface area contributed by atoms with E-state index >= 15 is 0 Å². The number of hydrogen-bond acceptors (Lipinski definition) is 14. The normalized spacial score (nSPS) is 23.8. The minimum atomic E-state index is -2.22. The van der Waals surface area contributed by atoms with Crippen LogP contribution in [-0.4, -0.2) is 179 Å². The number of hydrazine groups is 1. The molecule has 0 unspecified atom stereocenters. The number of nitrogens with one attached hydrogen (secondary N) is 2. The van der Waals surface area contributed by atoms with Crippen molar-refractivity contribution in [3.63, 3.8) is 0 Å². The molecular formula is C54H77N11O7S. The number of amides is 4. The van der Waals surface area contributed by atoms with Crippen molar-refractivity contribution < 1.29 is 33.8 Å². The Hall–Kier alpha value is -5.18. The van der Waals surface area contributed by atoms with Gasteiger partial charge in [0.1, 0.15) is 12.1 Å². The van der Waals surface area contributed by atoms with Gasteiger partial charge in [0.15, 0.2) is 0 Å². The summed E-state index contributed by atoms with van der Waals surface area (Å²) in [6, 6.07) is 6.41. The quantitative estimate of drug-likeness (QED) is 0.179. The zero-order valence-corrected chi connectivity index (χ0v) is 45.4. The van der Waals surface area contributed by atoms with Gasteiger partial charge >= 0.3 is 12.0 Å². The van der Waals surface area contributed by atoms with Gasteiger partial charge in [-0.2, -0.15) is 5.43 Å². The highest BCUT2D eigenvalue weighted by Crippen LogP contribution is 2.44. The maximum absolute atomic E-state index is 14.8. The minimum absolute atomic E-state index is 0.00748. The minimum Gasteiger partial charge on any atom is -0.462 e. The predicted octanol–water partition coefficient (Wildman–Crippen LogP) is 5.52. The van der Waals surface area contributed by atoms with Gasteiger partial charge < -0.3 is 49.0 Å². The second kappa shape index (κ2) is 20.9. The van der Waals surface area contributed by atoms with E-state index in [1.54, 1.807) is 14.2 Å². The molecule has 0 aliphatic carbocycles. The summed E-state index contributed by atoms with van der Waals surface area (Å²) in [6.45, 7) is 19.0. The molecule has 3 N–H and O–H groups in total. The van der Waals surface area contributed by atoms with Gasteiger partial charge in [0.2, 0.25) is 11.6 Å². The Morgan fingerprint density at radius 2 is 1.71 bits per heavy atom. The van der Waals surface area contributed by atoms with E-state index in [4.69, 9.17) is 19.4 Å². The molecule has 6 bridgehead atoms. The van der Waals surface area contributed by atoms with Crippen LogP contribution in [0.15, 0.2) is 35.8 Å². The van der Waals surface area contributed by atoms with Crippen LogP contribution in [0.2, 0.25) is 0 Å². The summed E-state index contributed by atoms with van der Waals surface area (Å²) in [4.78, 5) is 78.7. The van der Waals surface area contributed by atoms with Gasteiger partial charge in [-0.3, -0.25) is 19.6 Å². The third-order valence-corrected chi connectivity index (χ3v) is 17.2. The number of hydrogen-bond donors (Lipinski definition) is 3. The van der Waals surface area contributed by atoms with Crippen molar-refractivity contribution in [1.29, 1.82) is 0 Å². The van der Waals surface area contributed by atoms with E-state index in [0.29, 0.717) is 30.9 Å². The van der Waals surface area contributed by atoms with Crippen molar-refractivity contribution >= 4 is 51.7 Å². The molecule has 73 heavy (non-hydrogen) atoms. The number of carbonyl (C=O) groups excluding carboxylic acids is 4. The molecule has 396 valence electrons. The molecule has 1 spiro atoms. The van der Waals surface area contributed by atoms with Crippen LogP contribution >= 0.6 is 11.3 Å². The molecule has 5 aliphatic heterocycles. The van der Waals surface area contributed by atoms with Crippen molar-refractivity contribution in [3.8, 4) is 22.5 Å². The molecule has 4 aromatic rings. The lowest BCUT2D eigenvalue weighted by atomic mass is 9.76. The molecule has 0 saturated carbocycles. The standard InChI is InChI=1S/C54H77N11O7S/c1-11-63-43-14-13-36-27-38(43)40(47(63)39-28-37(31-55-45(39)35(4)71-10)62-25-23-60(8)24-26-62)30-52(5,6)33-72-50(68)54(70)15-12-19-65(58-54)49(67)41(29-44-56-42(36)32-73-44)57-48(66)46(34(2)3)61(9)51(69)64-22-18-53(64)16-20-59(7)21-17-53/h13-14,27-28,31-32,34-35,41,46,58,70H,11-12,15-26,29-30,33H2,1-10H3,(H,57,66)/t35-,41-,46-,54-/m0/s1. The first-order valence-electron chi connectivity index (χ1n) is 26.3. The third-order valence-electron chi connectivity index (χ3n) is 16.3. The highest BCUT2D eigenvalue weighted by Gasteiger charge is 2.51. The first-order valence-corrected chi connectivity index (χ1v) is 27.2. The molecule has 19 heteroatoms. The van der Waals surface area contributed by atoms with Gasteiger partial charge in [-0.15, -0.1) is 11.3 Å². The van der Waals surface area contributed by atoms with E-state index in [2.05, 4.69) is 89.1 Å². The zero-order valence-electron chi connectivity index (χ0n) is 44.6. The number of likely N-dealkylation sites (N-methyl/N-ethyl adjacent to an activating group) is 2. The molecule has 0 radical (unpaired) electrons. The molecule has 4 fully saturated rings. The molecule has 9 rings (SSSR count). The number of urea groups is 1. The highest BCUT2D eigenvalue weighted by atomic mass is 32.1. The van der Waals surface area contributed by atoms with Gasteiger partial charge in [-0.05, 0) is 89.7 Å². The van der Waals surface area contributed by atoms with Crippen molar-refractivity contribution in [2.75, 3.05) is 92.1 Å². The summed E-state index contributed by atoms with van der Waals surface area (Å²) in [5, 5.41) is 19.9. The van der Waals surface area contributed by atoms with Gasteiger partial charge in [-0.1, -0.05) is 33.8 Å². The lowest BCUT2D eigenvalue weighted by molar-refractivity contribution is -0.189. The number of esters is 1. The number of aryl methyl sites for hydroxylation is 1. The van der Waals surface area contributed by atoms with Crippen molar-refractivity contribution in [1.82, 2.24) is 49.9 Å². The van der Waals surface area contributed by atoms with E-state index in [9.17, 15) is 24.3 Å². The second-order valence-electron chi connectivity index (χ2n) is 22.5. The summed E-state index contributed by atoms with van der Waals surface area (Å²) in [6.07, 6.45) is 5.18. The fourth-order valence-electron chi connectivity index (χ4n) is 11.8. The summed E-state index contributed by atoms with van der Waals surface area (Å²) >= 11 is 1.40. The van der Waals surface area contributed by atoms with Crippen LogP contribution in [-0.2, 0) is 43.2 Å². The number of thiazole rings is 1. The highest BCUT2D eigenvalue weighted by molar-refractivity contribution is 7.10. The maximum atomic E-state index is 14.8. The van der Waals surface area contributed by atoms with E-state index in [1.165, 1.54) is 21.2 Å². The van der Waals surface area contributed by atoms with Gasteiger partial charge in [-0.25, -0.2) is 14.6 Å². The molecule has 4 amide bonds. The topological polar surface area (TPSA) is 181 Å². The van der Waals surface area contributed by atoms with E-state index in [0.717, 1.165) is 109 Å². The molecule has 18 nitrogen and oxygen atoms in total. The number of benzene rings is 1. The second-order valence-corrected chi connectivity index (χ2v) is 23.4. The van der Waals surface area contributed by atoms with E-state index in [1.807, 2.05) is 37.2 Å². The fraction of sp³-hybridized carbons (Fsp3) is 0.630. The summed E-state index contributed by atoms with van der Waals surface area (Å²) in [5.41, 5.74) is 7.32. The molecule has 3 aromatic heterocycles. The van der Waals surface area contributed by atoms with Crippen LogP contribution in [0.4, 0.5) is 10.5 Å². The monoisotopic (exact) mass is 1020 g/mol. The lowest BCUT2D eigenvalue weighted by Crippen LogP contribution is -2.69. The van der Waals surface area contributed by atoms with Crippen molar-refractivity contribution in [2.24, 2.45) is 11.3 Å². The smallest absolute Gasteiger partial charge is 0.355 e. The average molecular weight is 1020 g/mol. The molecule has 8 heterocycles. The Labute approximate surface area is 434 Å². The largest absolute Gasteiger partial charge is 0.462 e. The van der Waals surface area contributed by atoms with Gasteiger partial charge in [0, 0.05) is 124 Å². The number of cyclic esters (lactones) is 1. The lowest BCUT2D eigenvalue weighted by Gasteiger charge is -2.57. The fourth-order valence-corrected chi connectivity index (χ4v) is 12.6. The number of carbonyl (C=O) groups is 4. The summed E-state index contributed by atoms with van der Waals surface area (Å²) in [7, 11) is 7.62. The van der Waals surface area contributed by atoms with Gasteiger partial charge in [0.05, 0.1) is 46.7 Å². The predicted molar refractivity (Wildman–Crippen MR) is 283 cm³/mol. The Bertz CT molecular complexity index is 2710. The van der Waals surface area contributed by atoms with Gasteiger partial charge in [0.25, 0.3) is 5.91 Å². The van der Waals surface area contributed by atoms with E-state index < -0.39 is 41.0 Å². The number of pyridine rings is 1. The molecule has 4 atom stereocenters. The van der Waals surface area contributed by atoms with Crippen LogP contribution in [0.3, 0.4) is 0 Å². The number of piperazine rings is 1. The maximum Gasteiger partial charge on any atom is 0.355 e. The summed E-state index contributed by atoms with van der Waals surface area (Å²) < 4.78 is 14.4. The SMILES string of the molecule is CCn1c(-c2cc(N3CCN(C)CC3)cnc2[C@H](C)OC)c2c3cc(ccc31)-c1csc(n1)C[C@H](NC(=O)[C@H](C(C)C)N(C)C(=O)N1CCC13CCN(C)CC3)C(=O)N1CCC[C@@](O)(N1)C(=O)OCC(C)(C)C2. The Kier molecular flexibility index (Phi) is 15.0. The van der Waals surface area contributed by atoms with Crippen molar-refractivity contribution in [2.45, 2.75) is 122 Å². The van der Waals surface area contributed by atoms with Crippen LogP contribution < -0.4 is 15.6 Å². The van der Waals surface area contributed by atoms with Crippen LogP contribution in [0.25, 0.3) is 33.4 Å². The zero-order chi connectivity index (χ0) is 52.1.